The molecule has 4 heteroatoms. The lowest BCUT2D eigenvalue weighted by atomic mass is 10.2. The van der Waals surface area contributed by atoms with Gasteiger partial charge in [-0.2, -0.15) is 0 Å². The zero-order valence-electron chi connectivity index (χ0n) is 7.82. The van der Waals surface area contributed by atoms with Crippen LogP contribution in [-0.4, -0.2) is 25.8 Å². The molecule has 0 amide bonds. The molecule has 0 aliphatic rings. The Morgan fingerprint density at radius 3 is 2.29 bits per heavy atom. The molecule has 1 aromatic rings. The maximum absolute atomic E-state index is 11.3. The smallest absolute Gasteiger partial charge is 0.151 e. The molecule has 0 atom stereocenters. The molecule has 0 saturated carbocycles. The number of benzene rings is 1. The molecule has 0 fully saturated rings. The summed E-state index contributed by atoms with van der Waals surface area (Å²) >= 11 is 5.39. The zero-order valence-corrected chi connectivity index (χ0v) is 9.39. The molecular formula is C10H13ClO2S. The van der Waals surface area contributed by atoms with Crippen molar-refractivity contribution in [1.82, 2.24) is 0 Å². The van der Waals surface area contributed by atoms with Gasteiger partial charge in [0.25, 0.3) is 0 Å². The van der Waals surface area contributed by atoms with Crippen molar-refractivity contribution < 1.29 is 8.42 Å². The van der Waals surface area contributed by atoms with Crippen LogP contribution in [-0.2, 0) is 16.3 Å². The predicted molar refractivity (Wildman–Crippen MR) is 59.5 cm³/mol. The summed E-state index contributed by atoms with van der Waals surface area (Å²) in [5.41, 5.74) is 1.05. The van der Waals surface area contributed by atoms with Crippen molar-refractivity contribution in [3.8, 4) is 0 Å². The molecule has 1 aromatic carbocycles. The molecule has 0 radical (unpaired) electrons. The van der Waals surface area contributed by atoms with Crippen LogP contribution in [0.5, 0.6) is 0 Å². The third kappa shape index (κ3) is 4.11. The van der Waals surface area contributed by atoms with Crippen molar-refractivity contribution in [3.05, 3.63) is 35.9 Å². The number of hydrogen-bond donors (Lipinski definition) is 0. The van der Waals surface area contributed by atoms with Gasteiger partial charge in [-0.25, -0.2) is 8.42 Å². The highest BCUT2D eigenvalue weighted by Gasteiger charge is 2.09. The van der Waals surface area contributed by atoms with Crippen LogP contribution >= 0.6 is 11.6 Å². The van der Waals surface area contributed by atoms with Gasteiger partial charge in [-0.15, -0.1) is 11.6 Å². The molecule has 0 spiro atoms. The van der Waals surface area contributed by atoms with Crippen LogP contribution < -0.4 is 0 Å². The fraction of sp³-hybridized carbons (Fsp3) is 0.400. The van der Waals surface area contributed by atoms with Crippen molar-refractivity contribution in [2.75, 3.05) is 17.4 Å². The van der Waals surface area contributed by atoms with Gasteiger partial charge in [-0.3, -0.25) is 0 Å². The summed E-state index contributed by atoms with van der Waals surface area (Å²) in [5.74, 6) is 0.433. The van der Waals surface area contributed by atoms with Crippen LogP contribution in [0, 0.1) is 0 Å². The lowest BCUT2D eigenvalue weighted by molar-refractivity contribution is 0.596. The van der Waals surface area contributed by atoms with E-state index in [1.165, 1.54) is 0 Å². The predicted octanol–water partition coefficient (Wildman–Crippen LogP) is 1.88. The average molecular weight is 233 g/mol. The number of rotatable bonds is 5. The van der Waals surface area contributed by atoms with E-state index in [0.29, 0.717) is 6.42 Å². The van der Waals surface area contributed by atoms with Crippen LogP contribution in [0.25, 0.3) is 0 Å². The quantitative estimate of drug-likeness (QED) is 0.727. The summed E-state index contributed by atoms with van der Waals surface area (Å²) in [6.07, 6.45) is 0.570. The lowest BCUT2D eigenvalue weighted by Crippen LogP contribution is -2.13. The Labute approximate surface area is 89.8 Å². The van der Waals surface area contributed by atoms with Gasteiger partial charge in [-0.1, -0.05) is 30.3 Å². The van der Waals surface area contributed by atoms with E-state index in [9.17, 15) is 8.42 Å². The van der Waals surface area contributed by atoms with Gasteiger partial charge in [0.05, 0.1) is 11.5 Å². The molecule has 1 rings (SSSR count). The third-order valence-electron chi connectivity index (χ3n) is 1.93. The van der Waals surface area contributed by atoms with Crippen molar-refractivity contribution in [2.24, 2.45) is 0 Å². The number of hydrogen-bond acceptors (Lipinski definition) is 2. The molecule has 2 nitrogen and oxygen atoms in total. The van der Waals surface area contributed by atoms with Gasteiger partial charge in [0, 0.05) is 5.88 Å². The normalized spacial score (nSPS) is 11.5. The van der Waals surface area contributed by atoms with Crippen molar-refractivity contribution in [2.45, 2.75) is 6.42 Å². The fourth-order valence-corrected chi connectivity index (χ4v) is 2.83. The van der Waals surface area contributed by atoms with E-state index >= 15 is 0 Å². The summed E-state index contributed by atoms with van der Waals surface area (Å²) in [7, 11) is -2.96. The number of halogens is 1. The van der Waals surface area contributed by atoms with Crippen molar-refractivity contribution in [1.29, 1.82) is 0 Å². The first-order valence-corrected chi connectivity index (χ1v) is 6.80. The number of alkyl halides is 1. The Balaban J connectivity index is 2.49. The van der Waals surface area contributed by atoms with Crippen LogP contribution in [0.3, 0.4) is 0 Å². The van der Waals surface area contributed by atoms with Crippen molar-refractivity contribution in [3.63, 3.8) is 0 Å². The minimum atomic E-state index is -2.96. The first-order valence-electron chi connectivity index (χ1n) is 4.44. The highest BCUT2D eigenvalue weighted by molar-refractivity contribution is 7.91. The second-order valence-corrected chi connectivity index (χ2v) is 5.76. The van der Waals surface area contributed by atoms with E-state index in [1.807, 2.05) is 30.3 Å². The Hall–Kier alpha value is -0.540. The summed E-state index contributed by atoms with van der Waals surface area (Å²) in [4.78, 5) is 0. The monoisotopic (exact) mass is 232 g/mol. The summed E-state index contributed by atoms with van der Waals surface area (Å²) in [6.45, 7) is 0. The van der Waals surface area contributed by atoms with Gasteiger partial charge < -0.3 is 0 Å². The minimum Gasteiger partial charge on any atom is -0.229 e. The first-order chi connectivity index (χ1) is 6.64. The van der Waals surface area contributed by atoms with Gasteiger partial charge in [0.1, 0.15) is 0 Å². The number of sulfone groups is 1. The molecule has 14 heavy (non-hydrogen) atoms. The van der Waals surface area contributed by atoms with Crippen LogP contribution in [0.15, 0.2) is 30.3 Å². The summed E-state index contributed by atoms with van der Waals surface area (Å²) < 4.78 is 22.6. The van der Waals surface area contributed by atoms with Gasteiger partial charge in [0.2, 0.25) is 0 Å². The van der Waals surface area contributed by atoms with Crippen LogP contribution in [0.4, 0.5) is 0 Å². The molecule has 0 saturated heterocycles. The summed E-state index contributed by atoms with van der Waals surface area (Å²) in [5, 5.41) is 0. The van der Waals surface area contributed by atoms with E-state index in [4.69, 9.17) is 11.6 Å². The Kier molecular flexibility index (Phi) is 4.42. The highest BCUT2D eigenvalue weighted by atomic mass is 35.5. The SMILES string of the molecule is O=S(=O)(CCCl)CCc1ccccc1. The fourth-order valence-electron chi connectivity index (χ4n) is 1.14. The van der Waals surface area contributed by atoms with Gasteiger partial charge >= 0.3 is 0 Å². The molecule has 78 valence electrons. The highest BCUT2D eigenvalue weighted by Crippen LogP contribution is 2.02. The van der Waals surface area contributed by atoms with Gasteiger partial charge in [0.15, 0.2) is 9.84 Å². The second-order valence-electron chi connectivity index (χ2n) is 3.08. The zero-order chi connectivity index (χ0) is 10.4. The maximum atomic E-state index is 11.3. The molecule has 0 unspecified atom stereocenters. The van der Waals surface area contributed by atoms with E-state index in [2.05, 4.69) is 0 Å². The van der Waals surface area contributed by atoms with Crippen LogP contribution in [0.2, 0.25) is 0 Å². The lowest BCUT2D eigenvalue weighted by Gasteiger charge is -2.01. The molecule has 0 aliphatic carbocycles. The Bertz CT molecular complexity index is 359. The molecular weight excluding hydrogens is 220 g/mol. The van der Waals surface area contributed by atoms with E-state index in [0.717, 1.165) is 5.56 Å². The molecule has 0 N–H and O–H groups in total. The van der Waals surface area contributed by atoms with E-state index in [1.54, 1.807) is 0 Å². The van der Waals surface area contributed by atoms with E-state index < -0.39 is 9.84 Å². The minimum absolute atomic E-state index is 0.0708. The second kappa shape index (κ2) is 5.37. The molecule has 0 aromatic heterocycles. The number of aryl methyl sites for hydroxylation is 1. The van der Waals surface area contributed by atoms with Crippen molar-refractivity contribution >= 4 is 21.4 Å². The van der Waals surface area contributed by atoms with Gasteiger partial charge in [-0.05, 0) is 12.0 Å². The molecule has 0 aliphatic heterocycles. The topological polar surface area (TPSA) is 34.1 Å². The Morgan fingerprint density at radius 2 is 1.71 bits per heavy atom. The molecule has 0 heterocycles. The molecule has 0 bridgehead atoms. The first kappa shape index (κ1) is 11.5. The standard InChI is InChI=1S/C10H13ClO2S/c11-7-9-14(12,13)8-6-10-4-2-1-3-5-10/h1-5H,6-9H2. The average Bonchev–Trinajstić information content (AvgIpc) is 2.17. The largest absolute Gasteiger partial charge is 0.229 e. The third-order valence-corrected chi connectivity index (χ3v) is 4.00. The van der Waals surface area contributed by atoms with Crippen LogP contribution in [0.1, 0.15) is 5.56 Å². The maximum Gasteiger partial charge on any atom is 0.151 e. The Morgan fingerprint density at radius 1 is 1.07 bits per heavy atom. The summed E-state index contributed by atoms with van der Waals surface area (Å²) in [6, 6.07) is 9.58. The van der Waals surface area contributed by atoms with E-state index in [-0.39, 0.29) is 17.4 Å².